The molecular weight excluding hydrogens is 260 g/mol. The molecule has 0 aliphatic carbocycles. The minimum atomic E-state index is -0.193. The quantitative estimate of drug-likeness (QED) is 0.856. The fraction of sp³-hybridized carbons (Fsp3) is 0.200. The van der Waals surface area contributed by atoms with Crippen molar-refractivity contribution in [2.45, 2.75) is 19.8 Å². The lowest BCUT2D eigenvalue weighted by Crippen LogP contribution is -2.12. The smallest absolute Gasteiger partial charge is 0.257 e. The first-order valence-electron chi connectivity index (χ1n) is 6.09. The lowest BCUT2D eigenvalue weighted by Gasteiger charge is -2.08. The van der Waals surface area contributed by atoms with Crippen molar-refractivity contribution in [3.63, 3.8) is 0 Å². The van der Waals surface area contributed by atoms with E-state index in [1.807, 2.05) is 24.3 Å². The first-order valence-corrected chi connectivity index (χ1v) is 6.47. The monoisotopic (exact) mass is 274 g/mol. The number of nitrogens with zero attached hydrogens (tertiary/aromatic N) is 1. The molecule has 4 heteroatoms. The zero-order valence-electron chi connectivity index (χ0n) is 10.9. The predicted octanol–water partition coefficient (Wildman–Crippen LogP) is 4.11. The predicted molar refractivity (Wildman–Crippen MR) is 77.7 cm³/mol. The van der Waals surface area contributed by atoms with Gasteiger partial charge in [0.2, 0.25) is 0 Å². The molecule has 1 aromatic carbocycles. The Balaban J connectivity index is 2.08. The Labute approximate surface area is 117 Å². The molecule has 0 aliphatic heterocycles. The second kappa shape index (κ2) is 5.85. The van der Waals surface area contributed by atoms with Crippen LogP contribution in [0.1, 0.15) is 35.7 Å². The van der Waals surface area contributed by atoms with Crippen LogP contribution in [-0.2, 0) is 0 Å². The zero-order valence-corrected chi connectivity index (χ0v) is 11.6. The molecule has 0 saturated heterocycles. The number of aromatic nitrogens is 1. The Morgan fingerprint density at radius 1 is 1.16 bits per heavy atom. The third kappa shape index (κ3) is 3.55. The fourth-order valence-electron chi connectivity index (χ4n) is 1.66. The average Bonchev–Trinajstić information content (AvgIpc) is 2.40. The van der Waals surface area contributed by atoms with E-state index in [4.69, 9.17) is 11.6 Å². The molecule has 1 aromatic heterocycles. The van der Waals surface area contributed by atoms with Crippen molar-refractivity contribution in [3.05, 3.63) is 58.9 Å². The van der Waals surface area contributed by atoms with Crippen molar-refractivity contribution < 1.29 is 4.79 Å². The highest BCUT2D eigenvalue weighted by Gasteiger charge is 2.06. The molecule has 0 fully saturated rings. The highest BCUT2D eigenvalue weighted by molar-refractivity contribution is 6.29. The van der Waals surface area contributed by atoms with Crippen molar-refractivity contribution in [3.8, 4) is 0 Å². The molecule has 1 heterocycles. The first-order chi connectivity index (χ1) is 9.06. The van der Waals surface area contributed by atoms with Crippen molar-refractivity contribution in [2.75, 3.05) is 5.32 Å². The summed E-state index contributed by atoms with van der Waals surface area (Å²) in [5, 5.41) is 3.19. The highest BCUT2D eigenvalue weighted by atomic mass is 35.5. The third-order valence-corrected chi connectivity index (χ3v) is 3.05. The number of benzene rings is 1. The zero-order chi connectivity index (χ0) is 13.8. The minimum absolute atomic E-state index is 0.193. The summed E-state index contributed by atoms with van der Waals surface area (Å²) in [7, 11) is 0. The molecule has 1 N–H and O–H groups in total. The standard InChI is InChI=1S/C15H15ClN2O/c1-10(2)11-3-6-13(7-4-11)18-15(19)12-5-8-14(16)17-9-12/h3-10H,1-2H3,(H,18,19). The number of pyridine rings is 1. The van der Waals surface area contributed by atoms with Gasteiger partial charge in [-0.05, 0) is 35.7 Å². The number of rotatable bonds is 3. The van der Waals surface area contributed by atoms with E-state index in [1.165, 1.54) is 11.8 Å². The van der Waals surface area contributed by atoms with Crippen LogP contribution in [0.25, 0.3) is 0 Å². The molecule has 2 aromatic rings. The van der Waals surface area contributed by atoms with E-state index >= 15 is 0 Å². The molecule has 0 radical (unpaired) electrons. The van der Waals surface area contributed by atoms with E-state index in [0.717, 1.165) is 5.69 Å². The van der Waals surface area contributed by atoms with Gasteiger partial charge in [-0.15, -0.1) is 0 Å². The van der Waals surface area contributed by atoms with Crippen LogP contribution in [0.2, 0.25) is 5.15 Å². The molecule has 98 valence electrons. The van der Waals surface area contributed by atoms with Gasteiger partial charge in [0.05, 0.1) is 5.56 Å². The molecule has 0 unspecified atom stereocenters. The summed E-state index contributed by atoms with van der Waals surface area (Å²) in [6, 6.07) is 11.1. The van der Waals surface area contributed by atoms with Crippen LogP contribution in [0.15, 0.2) is 42.6 Å². The molecule has 19 heavy (non-hydrogen) atoms. The van der Waals surface area contributed by atoms with Crippen LogP contribution in [-0.4, -0.2) is 10.9 Å². The molecule has 0 aliphatic rings. The summed E-state index contributed by atoms with van der Waals surface area (Å²) in [5.41, 5.74) is 2.49. The molecule has 0 spiro atoms. The number of carbonyl (C=O) groups excluding carboxylic acids is 1. The van der Waals surface area contributed by atoms with E-state index in [1.54, 1.807) is 12.1 Å². The minimum Gasteiger partial charge on any atom is -0.322 e. The summed E-state index contributed by atoms with van der Waals surface area (Å²) >= 11 is 5.68. The summed E-state index contributed by atoms with van der Waals surface area (Å²) < 4.78 is 0. The first kappa shape index (κ1) is 13.6. The maximum atomic E-state index is 11.9. The number of nitrogens with one attached hydrogen (secondary N) is 1. The number of amides is 1. The number of anilines is 1. The summed E-state index contributed by atoms with van der Waals surface area (Å²) in [6.45, 7) is 4.26. The van der Waals surface area contributed by atoms with Gasteiger partial charge in [-0.1, -0.05) is 37.6 Å². The lowest BCUT2D eigenvalue weighted by molar-refractivity contribution is 0.102. The van der Waals surface area contributed by atoms with Crippen LogP contribution in [0, 0.1) is 0 Å². The van der Waals surface area contributed by atoms with Crippen LogP contribution in [0.4, 0.5) is 5.69 Å². The van der Waals surface area contributed by atoms with Gasteiger partial charge in [-0.2, -0.15) is 0 Å². The maximum absolute atomic E-state index is 11.9. The number of carbonyl (C=O) groups is 1. The van der Waals surface area contributed by atoms with E-state index in [2.05, 4.69) is 24.1 Å². The maximum Gasteiger partial charge on any atom is 0.257 e. The molecule has 3 nitrogen and oxygen atoms in total. The van der Waals surface area contributed by atoms with Gasteiger partial charge in [0, 0.05) is 11.9 Å². The topological polar surface area (TPSA) is 42.0 Å². The normalized spacial score (nSPS) is 10.5. The Bertz CT molecular complexity index is 562. The van der Waals surface area contributed by atoms with E-state index in [0.29, 0.717) is 16.6 Å². The van der Waals surface area contributed by atoms with E-state index in [-0.39, 0.29) is 5.91 Å². The van der Waals surface area contributed by atoms with Crippen molar-refractivity contribution >= 4 is 23.2 Å². The van der Waals surface area contributed by atoms with Gasteiger partial charge in [-0.3, -0.25) is 4.79 Å². The summed E-state index contributed by atoms with van der Waals surface area (Å²) in [6.07, 6.45) is 1.46. The number of hydrogen-bond donors (Lipinski definition) is 1. The molecule has 0 saturated carbocycles. The van der Waals surface area contributed by atoms with Gasteiger partial charge >= 0.3 is 0 Å². The van der Waals surface area contributed by atoms with Gasteiger partial charge in [0.1, 0.15) is 5.15 Å². The third-order valence-electron chi connectivity index (χ3n) is 2.82. The van der Waals surface area contributed by atoms with Crippen LogP contribution in [0.5, 0.6) is 0 Å². The number of halogens is 1. The number of hydrogen-bond acceptors (Lipinski definition) is 2. The van der Waals surface area contributed by atoms with E-state index in [9.17, 15) is 4.79 Å². The Kier molecular flexibility index (Phi) is 4.17. The molecule has 0 atom stereocenters. The molecule has 2 rings (SSSR count). The van der Waals surface area contributed by atoms with Crippen LogP contribution < -0.4 is 5.32 Å². The van der Waals surface area contributed by atoms with Gasteiger partial charge in [-0.25, -0.2) is 4.98 Å². The molecule has 0 bridgehead atoms. The van der Waals surface area contributed by atoms with Gasteiger partial charge in [0.15, 0.2) is 0 Å². The summed E-state index contributed by atoms with van der Waals surface area (Å²) in [5.74, 6) is 0.284. The van der Waals surface area contributed by atoms with Gasteiger partial charge in [0.25, 0.3) is 5.91 Å². The van der Waals surface area contributed by atoms with Crippen LogP contribution >= 0.6 is 11.6 Å². The Morgan fingerprint density at radius 2 is 1.84 bits per heavy atom. The van der Waals surface area contributed by atoms with Gasteiger partial charge < -0.3 is 5.32 Å². The Morgan fingerprint density at radius 3 is 2.37 bits per heavy atom. The Hall–Kier alpha value is -1.87. The fourth-order valence-corrected chi connectivity index (χ4v) is 1.78. The van der Waals surface area contributed by atoms with Crippen molar-refractivity contribution in [1.82, 2.24) is 4.98 Å². The van der Waals surface area contributed by atoms with Crippen LogP contribution in [0.3, 0.4) is 0 Å². The average molecular weight is 275 g/mol. The van der Waals surface area contributed by atoms with Crippen molar-refractivity contribution in [1.29, 1.82) is 0 Å². The second-order valence-electron chi connectivity index (χ2n) is 4.60. The lowest BCUT2D eigenvalue weighted by atomic mass is 10.0. The largest absolute Gasteiger partial charge is 0.322 e. The highest BCUT2D eigenvalue weighted by Crippen LogP contribution is 2.17. The van der Waals surface area contributed by atoms with Crippen molar-refractivity contribution in [2.24, 2.45) is 0 Å². The second-order valence-corrected chi connectivity index (χ2v) is 4.99. The van der Waals surface area contributed by atoms with E-state index < -0.39 is 0 Å². The SMILES string of the molecule is CC(C)c1ccc(NC(=O)c2ccc(Cl)nc2)cc1. The summed E-state index contributed by atoms with van der Waals surface area (Å²) in [4.78, 5) is 15.8. The molecule has 1 amide bonds. The molecular formula is C15H15ClN2O.